The normalized spacial score (nSPS) is 12.6. The van der Waals surface area contributed by atoms with Crippen molar-refractivity contribution >= 4 is 21.6 Å². The maximum Gasteiger partial charge on any atom is 0.0709 e. The molecule has 0 aromatic heterocycles. The summed E-state index contributed by atoms with van der Waals surface area (Å²) in [5, 5.41) is 12.6. The molecule has 78 valence electrons. The van der Waals surface area contributed by atoms with Crippen LogP contribution in [0.3, 0.4) is 0 Å². The smallest absolute Gasteiger partial charge is 0.0709 e. The van der Waals surface area contributed by atoms with Gasteiger partial charge in [-0.3, -0.25) is 0 Å². The minimum Gasteiger partial charge on any atom is -0.391 e. The van der Waals surface area contributed by atoms with E-state index >= 15 is 0 Å². The summed E-state index contributed by atoms with van der Waals surface area (Å²) in [7, 11) is 0. The Hall–Kier alpha value is -0.540. The number of aliphatic hydroxyl groups is 1. The molecule has 0 radical (unpaired) electrons. The predicted molar refractivity (Wildman–Crippen MR) is 63.7 cm³/mol. The quantitative estimate of drug-likeness (QED) is 0.870. The molecule has 0 saturated carbocycles. The molecule has 1 aromatic rings. The van der Waals surface area contributed by atoms with Crippen LogP contribution in [0.5, 0.6) is 0 Å². The van der Waals surface area contributed by atoms with E-state index in [9.17, 15) is 5.11 Å². The molecule has 1 aromatic carbocycles. The van der Waals surface area contributed by atoms with E-state index in [0.29, 0.717) is 6.54 Å². The standard InChI is InChI=1S/C11H16BrNO/c1-3-10(14)7-13-9-5-4-8(2)11(12)6-9/h4-6,10,13-14H,3,7H2,1-2H3. The third-order valence-electron chi connectivity index (χ3n) is 2.18. The van der Waals surface area contributed by atoms with Crippen molar-refractivity contribution in [2.75, 3.05) is 11.9 Å². The van der Waals surface area contributed by atoms with E-state index in [0.717, 1.165) is 16.6 Å². The fourth-order valence-electron chi connectivity index (χ4n) is 1.08. The number of hydrogen-bond acceptors (Lipinski definition) is 2. The van der Waals surface area contributed by atoms with Crippen molar-refractivity contribution in [1.29, 1.82) is 0 Å². The first-order chi connectivity index (χ1) is 6.63. The van der Waals surface area contributed by atoms with Crippen molar-refractivity contribution in [3.63, 3.8) is 0 Å². The highest BCUT2D eigenvalue weighted by Crippen LogP contribution is 2.20. The number of aryl methyl sites for hydroxylation is 1. The van der Waals surface area contributed by atoms with Crippen molar-refractivity contribution < 1.29 is 5.11 Å². The van der Waals surface area contributed by atoms with Crippen molar-refractivity contribution in [3.8, 4) is 0 Å². The molecule has 0 amide bonds. The van der Waals surface area contributed by atoms with Gasteiger partial charge < -0.3 is 10.4 Å². The summed E-state index contributed by atoms with van der Waals surface area (Å²) < 4.78 is 1.09. The molecule has 0 saturated heterocycles. The van der Waals surface area contributed by atoms with Crippen LogP contribution in [0.2, 0.25) is 0 Å². The first-order valence-electron chi connectivity index (χ1n) is 4.81. The van der Waals surface area contributed by atoms with Crippen LogP contribution in [0.25, 0.3) is 0 Å². The maximum absolute atomic E-state index is 9.37. The van der Waals surface area contributed by atoms with Crippen LogP contribution in [-0.4, -0.2) is 17.8 Å². The number of nitrogens with one attached hydrogen (secondary N) is 1. The van der Waals surface area contributed by atoms with Crippen LogP contribution < -0.4 is 5.32 Å². The molecule has 0 aliphatic carbocycles. The summed E-state index contributed by atoms with van der Waals surface area (Å²) in [5.41, 5.74) is 2.25. The van der Waals surface area contributed by atoms with Crippen LogP contribution in [0.15, 0.2) is 22.7 Å². The Labute approximate surface area is 93.5 Å². The lowest BCUT2D eigenvalue weighted by atomic mass is 10.2. The molecule has 0 heterocycles. The van der Waals surface area contributed by atoms with E-state index < -0.39 is 0 Å². The van der Waals surface area contributed by atoms with E-state index in [2.05, 4.69) is 28.2 Å². The summed E-state index contributed by atoms with van der Waals surface area (Å²) in [5.74, 6) is 0. The fraction of sp³-hybridized carbons (Fsp3) is 0.455. The Morgan fingerprint density at radius 3 is 2.79 bits per heavy atom. The number of hydrogen-bond donors (Lipinski definition) is 2. The number of anilines is 1. The number of benzene rings is 1. The molecule has 0 fully saturated rings. The Morgan fingerprint density at radius 2 is 2.21 bits per heavy atom. The van der Waals surface area contributed by atoms with Crippen LogP contribution in [-0.2, 0) is 0 Å². The van der Waals surface area contributed by atoms with Gasteiger partial charge >= 0.3 is 0 Å². The summed E-state index contributed by atoms with van der Waals surface area (Å²) in [6, 6.07) is 6.09. The first-order valence-corrected chi connectivity index (χ1v) is 5.61. The van der Waals surface area contributed by atoms with E-state index in [-0.39, 0.29) is 6.10 Å². The van der Waals surface area contributed by atoms with Gasteiger partial charge in [-0.15, -0.1) is 0 Å². The van der Waals surface area contributed by atoms with Crippen molar-refractivity contribution in [1.82, 2.24) is 0 Å². The molecular weight excluding hydrogens is 242 g/mol. The van der Waals surface area contributed by atoms with Crippen molar-refractivity contribution in [3.05, 3.63) is 28.2 Å². The second kappa shape index (κ2) is 5.37. The maximum atomic E-state index is 9.37. The molecule has 0 spiro atoms. The first kappa shape index (κ1) is 11.5. The molecule has 0 aliphatic rings. The number of rotatable bonds is 4. The lowest BCUT2D eigenvalue weighted by Crippen LogP contribution is -2.18. The average molecular weight is 258 g/mol. The Kier molecular flexibility index (Phi) is 4.42. The highest BCUT2D eigenvalue weighted by molar-refractivity contribution is 9.10. The fourth-order valence-corrected chi connectivity index (χ4v) is 1.46. The summed E-state index contributed by atoms with van der Waals surface area (Å²) in [4.78, 5) is 0. The van der Waals surface area contributed by atoms with E-state index in [4.69, 9.17) is 0 Å². The highest BCUT2D eigenvalue weighted by Gasteiger charge is 2.01. The van der Waals surface area contributed by atoms with Gasteiger partial charge in [0, 0.05) is 16.7 Å². The highest BCUT2D eigenvalue weighted by atomic mass is 79.9. The Balaban J connectivity index is 2.55. The second-order valence-corrected chi connectivity index (χ2v) is 4.26. The molecule has 2 nitrogen and oxygen atoms in total. The van der Waals surface area contributed by atoms with Gasteiger partial charge in [0.05, 0.1) is 6.10 Å². The summed E-state index contributed by atoms with van der Waals surface area (Å²) in [6.45, 7) is 4.62. The zero-order chi connectivity index (χ0) is 10.6. The van der Waals surface area contributed by atoms with Crippen LogP contribution in [0, 0.1) is 6.92 Å². The summed E-state index contributed by atoms with van der Waals surface area (Å²) in [6.07, 6.45) is 0.509. The average Bonchev–Trinajstić information content (AvgIpc) is 2.19. The lowest BCUT2D eigenvalue weighted by molar-refractivity contribution is 0.183. The Morgan fingerprint density at radius 1 is 1.50 bits per heavy atom. The number of halogens is 1. The van der Waals surface area contributed by atoms with E-state index in [1.165, 1.54) is 5.56 Å². The topological polar surface area (TPSA) is 32.3 Å². The molecule has 1 unspecified atom stereocenters. The third-order valence-corrected chi connectivity index (χ3v) is 3.04. The molecule has 1 atom stereocenters. The minimum absolute atomic E-state index is 0.268. The van der Waals surface area contributed by atoms with Gasteiger partial charge in [-0.2, -0.15) is 0 Å². The monoisotopic (exact) mass is 257 g/mol. The van der Waals surface area contributed by atoms with Crippen LogP contribution in [0.1, 0.15) is 18.9 Å². The van der Waals surface area contributed by atoms with E-state index in [1.807, 2.05) is 25.1 Å². The molecule has 2 N–H and O–H groups in total. The zero-order valence-corrected chi connectivity index (χ0v) is 10.1. The molecular formula is C11H16BrNO. The Bertz CT molecular complexity index is 301. The lowest BCUT2D eigenvalue weighted by Gasteiger charge is -2.11. The van der Waals surface area contributed by atoms with Gasteiger partial charge in [0.25, 0.3) is 0 Å². The van der Waals surface area contributed by atoms with Crippen molar-refractivity contribution in [2.24, 2.45) is 0 Å². The third kappa shape index (κ3) is 3.31. The SMILES string of the molecule is CCC(O)CNc1ccc(C)c(Br)c1. The van der Waals surface area contributed by atoms with Gasteiger partial charge in [-0.05, 0) is 31.0 Å². The van der Waals surface area contributed by atoms with E-state index in [1.54, 1.807) is 0 Å². The van der Waals surface area contributed by atoms with Gasteiger partial charge in [-0.25, -0.2) is 0 Å². The van der Waals surface area contributed by atoms with Gasteiger partial charge in [-0.1, -0.05) is 28.9 Å². The van der Waals surface area contributed by atoms with Crippen LogP contribution in [0.4, 0.5) is 5.69 Å². The summed E-state index contributed by atoms with van der Waals surface area (Å²) >= 11 is 3.47. The largest absolute Gasteiger partial charge is 0.391 e. The van der Waals surface area contributed by atoms with Crippen molar-refractivity contribution in [2.45, 2.75) is 26.4 Å². The molecule has 0 bridgehead atoms. The molecule has 3 heteroatoms. The van der Waals surface area contributed by atoms with Gasteiger partial charge in [0.1, 0.15) is 0 Å². The second-order valence-electron chi connectivity index (χ2n) is 3.41. The zero-order valence-electron chi connectivity index (χ0n) is 8.55. The molecule has 14 heavy (non-hydrogen) atoms. The molecule has 1 rings (SSSR count). The van der Waals surface area contributed by atoms with Gasteiger partial charge in [0.15, 0.2) is 0 Å². The predicted octanol–water partition coefficient (Wildman–Crippen LogP) is 2.94. The number of aliphatic hydroxyl groups excluding tert-OH is 1. The molecule has 0 aliphatic heterocycles. The minimum atomic E-state index is -0.268. The van der Waals surface area contributed by atoms with Crippen LogP contribution >= 0.6 is 15.9 Å². The van der Waals surface area contributed by atoms with Gasteiger partial charge in [0.2, 0.25) is 0 Å².